The number of benzene rings is 1. The van der Waals surface area contributed by atoms with Gasteiger partial charge in [0.25, 0.3) is 0 Å². The summed E-state index contributed by atoms with van der Waals surface area (Å²) >= 11 is 0. The standard InChI is InChI=1S/C32H41N3/c1-9-14-28-19-29(17-16-23(28)6)25(8)35-32-20-31(30(15-10-2)22-34-32)18-26(12-4)27(13-5)21-33-24(7)11-3/h9,12-22,24,35H,8,10-11H2,1-7H3/b14-9-,26-12+,27-13+,30-15+,31-18-,33-21?. The van der Waals surface area contributed by atoms with Gasteiger partial charge in [-0.1, -0.05) is 62.9 Å². The first-order valence-electron chi connectivity index (χ1n) is 12.6. The van der Waals surface area contributed by atoms with Crippen LogP contribution in [0.1, 0.15) is 71.1 Å². The van der Waals surface area contributed by atoms with E-state index in [0.29, 0.717) is 6.04 Å². The van der Waals surface area contributed by atoms with Crippen molar-refractivity contribution in [1.82, 2.24) is 4.98 Å². The van der Waals surface area contributed by atoms with Crippen LogP contribution in [-0.2, 0) is 0 Å². The van der Waals surface area contributed by atoms with Crippen LogP contribution in [0, 0.1) is 6.92 Å². The lowest BCUT2D eigenvalue weighted by Crippen LogP contribution is -2.26. The monoisotopic (exact) mass is 467 g/mol. The maximum atomic E-state index is 4.70. The number of anilines is 1. The first-order chi connectivity index (χ1) is 16.9. The topological polar surface area (TPSA) is 37.3 Å². The molecule has 0 radical (unpaired) electrons. The van der Waals surface area contributed by atoms with Crippen molar-refractivity contribution in [2.75, 3.05) is 5.32 Å². The SMILES string of the molecule is C=C(Nc1cc(=C/C(=C\C)C(/C=NC(C)CC)=C/C)/c(=C/CC)cn1)c1ccc(C)c(/C=C\C)c1. The largest absolute Gasteiger partial charge is 0.340 e. The van der Waals surface area contributed by atoms with Gasteiger partial charge in [0.1, 0.15) is 5.82 Å². The average Bonchev–Trinajstić information content (AvgIpc) is 2.86. The van der Waals surface area contributed by atoms with Gasteiger partial charge in [0, 0.05) is 24.2 Å². The molecule has 0 aliphatic heterocycles. The molecule has 0 aliphatic rings. The molecule has 1 heterocycles. The van der Waals surface area contributed by atoms with Crippen molar-refractivity contribution in [2.45, 2.75) is 67.3 Å². The van der Waals surface area contributed by atoms with E-state index in [2.05, 4.69) is 119 Å². The van der Waals surface area contributed by atoms with E-state index in [0.717, 1.165) is 51.5 Å². The smallest absolute Gasteiger partial charge is 0.130 e. The summed E-state index contributed by atoms with van der Waals surface area (Å²) in [4.78, 5) is 9.37. The van der Waals surface area contributed by atoms with Crippen molar-refractivity contribution < 1.29 is 0 Å². The Morgan fingerprint density at radius 2 is 1.83 bits per heavy atom. The molecule has 2 rings (SSSR count). The highest BCUT2D eigenvalue weighted by atomic mass is 15.0. The Balaban J connectivity index is 2.47. The van der Waals surface area contributed by atoms with Gasteiger partial charge in [0.2, 0.25) is 0 Å². The van der Waals surface area contributed by atoms with Crippen LogP contribution in [0.3, 0.4) is 0 Å². The number of allylic oxidation sites excluding steroid dienone is 5. The second-order valence-electron chi connectivity index (χ2n) is 8.65. The van der Waals surface area contributed by atoms with Crippen LogP contribution in [0.2, 0.25) is 0 Å². The number of hydrogen-bond acceptors (Lipinski definition) is 3. The van der Waals surface area contributed by atoms with Crippen molar-refractivity contribution in [1.29, 1.82) is 0 Å². The Bertz CT molecular complexity index is 1260. The number of aromatic nitrogens is 1. The molecule has 1 aromatic carbocycles. The molecule has 0 spiro atoms. The molecule has 1 unspecified atom stereocenters. The van der Waals surface area contributed by atoms with E-state index in [9.17, 15) is 0 Å². The average molecular weight is 468 g/mol. The van der Waals surface area contributed by atoms with Gasteiger partial charge in [-0.15, -0.1) is 0 Å². The summed E-state index contributed by atoms with van der Waals surface area (Å²) in [5.74, 6) is 0.772. The zero-order valence-corrected chi connectivity index (χ0v) is 22.5. The van der Waals surface area contributed by atoms with Gasteiger partial charge in [-0.05, 0) is 104 Å². The summed E-state index contributed by atoms with van der Waals surface area (Å²) in [6.07, 6.45) is 18.7. The highest BCUT2D eigenvalue weighted by molar-refractivity contribution is 5.89. The summed E-state index contributed by atoms with van der Waals surface area (Å²) in [5, 5.41) is 5.64. The van der Waals surface area contributed by atoms with Gasteiger partial charge in [-0.25, -0.2) is 4.98 Å². The molecule has 0 amide bonds. The molecule has 0 saturated carbocycles. The molecule has 1 aromatic heterocycles. The van der Waals surface area contributed by atoms with E-state index in [1.54, 1.807) is 0 Å². The molecule has 2 aromatic rings. The second kappa shape index (κ2) is 14.1. The number of hydrogen-bond donors (Lipinski definition) is 1. The summed E-state index contributed by atoms with van der Waals surface area (Å²) < 4.78 is 0. The van der Waals surface area contributed by atoms with E-state index in [1.807, 2.05) is 19.3 Å². The molecule has 184 valence electrons. The highest BCUT2D eigenvalue weighted by Crippen LogP contribution is 2.20. The Hall–Kier alpha value is -3.46. The summed E-state index contributed by atoms with van der Waals surface area (Å²) in [6.45, 7) is 19.0. The first kappa shape index (κ1) is 27.8. The fraction of sp³-hybridized carbons (Fsp3) is 0.312. The lowest BCUT2D eigenvalue weighted by Gasteiger charge is -2.12. The number of aliphatic imine (C=N–C) groups is 1. The van der Waals surface area contributed by atoms with Crippen LogP contribution in [0.5, 0.6) is 0 Å². The molecule has 3 heteroatoms. The van der Waals surface area contributed by atoms with Crippen molar-refractivity contribution in [2.24, 2.45) is 4.99 Å². The van der Waals surface area contributed by atoms with E-state index in [-0.39, 0.29) is 0 Å². The van der Waals surface area contributed by atoms with Crippen molar-refractivity contribution in [3.8, 4) is 0 Å². The van der Waals surface area contributed by atoms with Crippen molar-refractivity contribution >= 4 is 36.0 Å². The minimum atomic E-state index is 0.310. The number of nitrogens with zero attached hydrogens (tertiary/aromatic N) is 2. The number of rotatable bonds is 10. The van der Waals surface area contributed by atoms with E-state index >= 15 is 0 Å². The molecular formula is C32H41N3. The highest BCUT2D eigenvalue weighted by Gasteiger charge is 2.05. The van der Waals surface area contributed by atoms with Crippen LogP contribution >= 0.6 is 0 Å². The summed E-state index contributed by atoms with van der Waals surface area (Å²) in [5.41, 5.74) is 6.55. The molecular weight excluding hydrogens is 426 g/mol. The predicted molar refractivity (Wildman–Crippen MR) is 157 cm³/mol. The predicted octanol–water partition coefficient (Wildman–Crippen LogP) is 7.24. The zero-order valence-electron chi connectivity index (χ0n) is 22.5. The van der Waals surface area contributed by atoms with E-state index < -0.39 is 0 Å². The quantitative estimate of drug-likeness (QED) is 0.295. The van der Waals surface area contributed by atoms with E-state index in [4.69, 9.17) is 4.99 Å². The molecule has 0 aliphatic carbocycles. The Morgan fingerprint density at radius 3 is 2.46 bits per heavy atom. The van der Waals surface area contributed by atoms with Crippen molar-refractivity contribution in [3.63, 3.8) is 0 Å². The minimum absolute atomic E-state index is 0.310. The molecule has 1 atom stereocenters. The van der Waals surface area contributed by atoms with Crippen LogP contribution in [-0.4, -0.2) is 17.2 Å². The molecule has 3 nitrogen and oxygen atoms in total. The number of nitrogens with one attached hydrogen (secondary N) is 1. The lowest BCUT2D eigenvalue weighted by atomic mass is 10.0. The van der Waals surface area contributed by atoms with E-state index in [1.165, 1.54) is 11.1 Å². The van der Waals surface area contributed by atoms with Crippen LogP contribution in [0.15, 0.2) is 71.4 Å². The van der Waals surface area contributed by atoms with Gasteiger partial charge >= 0.3 is 0 Å². The first-order valence-corrected chi connectivity index (χ1v) is 12.6. The Kier molecular flexibility index (Phi) is 11.2. The molecule has 0 bridgehead atoms. The number of pyridine rings is 1. The van der Waals surface area contributed by atoms with Gasteiger partial charge in [-0.3, -0.25) is 4.99 Å². The normalized spacial score (nSPS) is 14.8. The third-order valence-corrected chi connectivity index (χ3v) is 5.97. The minimum Gasteiger partial charge on any atom is -0.340 e. The van der Waals surface area contributed by atoms with Gasteiger partial charge < -0.3 is 5.32 Å². The van der Waals surface area contributed by atoms with Gasteiger partial charge in [0.15, 0.2) is 0 Å². The maximum Gasteiger partial charge on any atom is 0.130 e. The fourth-order valence-corrected chi connectivity index (χ4v) is 3.61. The Morgan fingerprint density at radius 1 is 1.09 bits per heavy atom. The fourth-order valence-electron chi connectivity index (χ4n) is 3.61. The third-order valence-electron chi connectivity index (χ3n) is 5.97. The van der Waals surface area contributed by atoms with Crippen molar-refractivity contribution in [3.05, 3.63) is 93.5 Å². The van der Waals surface area contributed by atoms with Crippen LogP contribution in [0.4, 0.5) is 5.82 Å². The van der Waals surface area contributed by atoms with Gasteiger partial charge in [0.05, 0.1) is 0 Å². The Labute approximate surface area is 212 Å². The molecule has 35 heavy (non-hydrogen) atoms. The third kappa shape index (κ3) is 8.06. The summed E-state index contributed by atoms with van der Waals surface area (Å²) in [6, 6.07) is 8.78. The summed E-state index contributed by atoms with van der Waals surface area (Å²) in [7, 11) is 0. The van der Waals surface area contributed by atoms with Crippen LogP contribution in [0.25, 0.3) is 23.9 Å². The van der Waals surface area contributed by atoms with Crippen LogP contribution < -0.4 is 15.8 Å². The molecule has 0 fully saturated rings. The zero-order chi connectivity index (χ0) is 25.8. The molecule has 1 N–H and O–H groups in total. The molecule has 0 saturated heterocycles. The lowest BCUT2D eigenvalue weighted by molar-refractivity contribution is 0.720. The second-order valence-corrected chi connectivity index (χ2v) is 8.65. The maximum absolute atomic E-state index is 4.70. The number of aryl methyl sites for hydroxylation is 1. The van der Waals surface area contributed by atoms with Gasteiger partial charge in [-0.2, -0.15) is 0 Å².